The summed E-state index contributed by atoms with van der Waals surface area (Å²) in [7, 11) is 0. The normalized spacial score (nSPS) is 12.7. The van der Waals surface area contributed by atoms with Gasteiger partial charge in [-0.3, -0.25) is 19.0 Å². The van der Waals surface area contributed by atoms with E-state index in [9.17, 15) is 19.8 Å². The van der Waals surface area contributed by atoms with Gasteiger partial charge in [-0.1, -0.05) is 73.5 Å². The molecular formula is C34H40N8O4. The summed E-state index contributed by atoms with van der Waals surface area (Å²) in [6.07, 6.45) is 0. The monoisotopic (exact) mass is 624 g/mol. The van der Waals surface area contributed by atoms with Crippen molar-refractivity contribution >= 4 is 22.1 Å². The topological polar surface area (TPSA) is 168 Å². The number of aliphatic hydroxyl groups excluding tert-OH is 2. The lowest BCUT2D eigenvalue weighted by atomic mass is 9.96. The number of hydrogen-bond acceptors (Lipinski definition) is 8. The molecule has 0 aliphatic rings. The van der Waals surface area contributed by atoms with Crippen LogP contribution in [-0.2, 0) is 13.1 Å². The molecule has 12 heteroatoms. The van der Waals surface area contributed by atoms with Crippen LogP contribution in [0.4, 0.5) is 0 Å². The van der Waals surface area contributed by atoms with Gasteiger partial charge in [0.15, 0.2) is 11.0 Å². The molecule has 240 valence electrons. The van der Waals surface area contributed by atoms with Gasteiger partial charge in [-0.05, 0) is 38.8 Å². The van der Waals surface area contributed by atoms with Crippen LogP contribution >= 0.6 is 0 Å². The summed E-state index contributed by atoms with van der Waals surface area (Å²) >= 11 is 0. The Hall–Kier alpha value is -4.94. The molecule has 6 rings (SSSR count). The number of hydrogen-bond donors (Lipinski definition) is 4. The SMILES string of the molecule is Cc1ccc([C@@H](C)c2nn(CCO)c3c(=O)[nH]c(C)nc23)cc1.Cc1ccc([C@H](C)c2nn(CCO)c3c(=O)[nH]c(C)nc23)cc1. The Kier molecular flexibility index (Phi) is 9.59. The highest BCUT2D eigenvalue weighted by Gasteiger charge is 2.23. The van der Waals surface area contributed by atoms with E-state index in [1.54, 1.807) is 23.2 Å². The second-order valence-electron chi connectivity index (χ2n) is 11.6. The van der Waals surface area contributed by atoms with Gasteiger partial charge in [-0.25, -0.2) is 9.97 Å². The lowest BCUT2D eigenvalue weighted by molar-refractivity contribution is 0.271. The van der Waals surface area contributed by atoms with Crippen LogP contribution in [0.5, 0.6) is 0 Å². The first-order valence-corrected chi connectivity index (χ1v) is 15.3. The molecule has 0 aliphatic carbocycles. The van der Waals surface area contributed by atoms with Crippen LogP contribution < -0.4 is 11.1 Å². The average Bonchev–Trinajstić information content (AvgIpc) is 3.56. The van der Waals surface area contributed by atoms with Gasteiger partial charge in [0, 0.05) is 11.8 Å². The zero-order chi connectivity index (χ0) is 33.1. The van der Waals surface area contributed by atoms with E-state index in [2.05, 4.69) is 78.7 Å². The van der Waals surface area contributed by atoms with Crippen molar-refractivity contribution in [2.45, 2.75) is 66.5 Å². The van der Waals surface area contributed by atoms with Crippen molar-refractivity contribution in [1.29, 1.82) is 0 Å². The maximum atomic E-state index is 12.3. The number of H-pyrrole nitrogens is 2. The molecule has 0 saturated carbocycles. The highest BCUT2D eigenvalue weighted by molar-refractivity contribution is 5.78. The molecule has 0 aliphatic heterocycles. The summed E-state index contributed by atoms with van der Waals surface area (Å²) < 4.78 is 3.08. The number of benzene rings is 2. The molecule has 0 bridgehead atoms. The molecule has 12 nitrogen and oxygen atoms in total. The Morgan fingerprint density at radius 3 is 1.30 bits per heavy atom. The van der Waals surface area contributed by atoms with Crippen molar-refractivity contribution in [1.82, 2.24) is 39.5 Å². The summed E-state index contributed by atoms with van der Waals surface area (Å²) in [5.41, 5.74) is 7.73. The zero-order valence-electron chi connectivity index (χ0n) is 27.0. The number of aryl methyl sites for hydroxylation is 4. The van der Waals surface area contributed by atoms with Gasteiger partial charge in [-0.15, -0.1) is 0 Å². The number of aliphatic hydroxyl groups is 2. The van der Waals surface area contributed by atoms with Crippen molar-refractivity contribution in [3.63, 3.8) is 0 Å². The first-order valence-electron chi connectivity index (χ1n) is 15.3. The summed E-state index contributed by atoms with van der Waals surface area (Å²) in [6.45, 7) is 12.1. The quantitative estimate of drug-likeness (QED) is 0.199. The number of aromatic nitrogens is 8. The molecule has 0 saturated heterocycles. The van der Waals surface area contributed by atoms with E-state index in [1.807, 2.05) is 27.7 Å². The van der Waals surface area contributed by atoms with E-state index in [0.717, 1.165) is 22.5 Å². The highest BCUT2D eigenvalue weighted by Crippen LogP contribution is 2.29. The minimum absolute atomic E-state index is 0.00624. The van der Waals surface area contributed by atoms with Crippen LogP contribution in [0.1, 0.15) is 71.0 Å². The van der Waals surface area contributed by atoms with E-state index in [-0.39, 0.29) is 49.3 Å². The highest BCUT2D eigenvalue weighted by atomic mass is 16.3. The standard InChI is InChI=1S/2C17H20N4O2/c2*1-10-4-6-13(7-5-10)11(2)14-15-16(21(20-14)8-9-22)17(23)19-12(3)18-15/h2*4-7,11,22H,8-9H2,1-3H3,(H,18,19,23)/t2*11-/m10/s1. The van der Waals surface area contributed by atoms with Crippen LogP contribution in [0.3, 0.4) is 0 Å². The van der Waals surface area contributed by atoms with E-state index in [0.29, 0.717) is 33.7 Å². The van der Waals surface area contributed by atoms with Gasteiger partial charge < -0.3 is 20.2 Å². The van der Waals surface area contributed by atoms with Gasteiger partial charge in [0.05, 0.1) is 37.7 Å². The third kappa shape index (κ3) is 6.53. The number of aromatic amines is 2. The van der Waals surface area contributed by atoms with Gasteiger partial charge in [0.1, 0.15) is 22.7 Å². The molecule has 46 heavy (non-hydrogen) atoms. The van der Waals surface area contributed by atoms with E-state index >= 15 is 0 Å². The third-order valence-electron chi connectivity index (χ3n) is 8.08. The Morgan fingerprint density at radius 2 is 0.978 bits per heavy atom. The third-order valence-corrected chi connectivity index (χ3v) is 8.08. The summed E-state index contributed by atoms with van der Waals surface area (Å²) in [4.78, 5) is 38.9. The number of rotatable bonds is 8. The van der Waals surface area contributed by atoms with Crippen molar-refractivity contribution in [2.24, 2.45) is 0 Å². The van der Waals surface area contributed by atoms with E-state index in [4.69, 9.17) is 0 Å². The molecule has 4 N–H and O–H groups in total. The summed E-state index contributed by atoms with van der Waals surface area (Å²) in [5, 5.41) is 27.6. The van der Waals surface area contributed by atoms with Gasteiger partial charge in [-0.2, -0.15) is 10.2 Å². The lowest BCUT2D eigenvalue weighted by Crippen LogP contribution is -2.15. The van der Waals surface area contributed by atoms with Crippen molar-refractivity contribution in [3.05, 3.63) is 115 Å². The first-order chi connectivity index (χ1) is 22.0. The van der Waals surface area contributed by atoms with Gasteiger partial charge >= 0.3 is 0 Å². The Bertz CT molecular complexity index is 1940. The van der Waals surface area contributed by atoms with Gasteiger partial charge in [0.25, 0.3) is 11.1 Å². The lowest BCUT2D eigenvalue weighted by Gasteiger charge is -2.10. The minimum Gasteiger partial charge on any atom is -0.394 e. The molecule has 0 amide bonds. The molecule has 0 fully saturated rings. The fraction of sp³-hybridized carbons (Fsp3) is 0.353. The predicted molar refractivity (Wildman–Crippen MR) is 177 cm³/mol. The van der Waals surface area contributed by atoms with Crippen molar-refractivity contribution < 1.29 is 10.2 Å². The van der Waals surface area contributed by atoms with E-state index in [1.165, 1.54) is 11.1 Å². The molecule has 0 unspecified atom stereocenters. The Labute approximate surface area is 265 Å². The van der Waals surface area contributed by atoms with Crippen molar-refractivity contribution in [3.8, 4) is 0 Å². The number of fused-ring (bicyclic) bond motifs is 2. The fourth-order valence-corrected chi connectivity index (χ4v) is 5.57. The first kappa shape index (κ1) is 32.5. The Balaban J connectivity index is 0.000000181. The predicted octanol–water partition coefficient (Wildman–Crippen LogP) is 3.76. The van der Waals surface area contributed by atoms with Gasteiger partial charge in [0.2, 0.25) is 0 Å². The molecule has 4 heterocycles. The second kappa shape index (κ2) is 13.6. The molecular weight excluding hydrogens is 584 g/mol. The second-order valence-corrected chi connectivity index (χ2v) is 11.6. The van der Waals surface area contributed by atoms with Crippen LogP contribution in [0.25, 0.3) is 22.1 Å². The molecule has 2 atom stereocenters. The van der Waals surface area contributed by atoms with Crippen LogP contribution in [0.15, 0.2) is 58.1 Å². The smallest absolute Gasteiger partial charge is 0.277 e. The maximum Gasteiger partial charge on any atom is 0.277 e. The number of nitrogens with zero attached hydrogens (tertiary/aromatic N) is 6. The summed E-state index contributed by atoms with van der Waals surface area (Å²) in [6, 6.07) is 16.5. The zero-order valence-corrected chi connectivity index (χ0v) is 27.0. The molecule has 6 aromatic rings. The average molecular weight is 625 g/mol. The van der Waals surface area contributed by atoms with Crippen LogP contribution in [0, 0.1) is 27.7 Å². The molecule has 2 aromatic carbocycles. The molecule has 4 aromatic heterocycles. The van der Waals surface area contributed by atoms with Crippen LogP contribution in [0.2, 0.25) is 0 Å². The van der Waals surface area contributed by atoms with E-state index < -0.39 is 0 Å². The summed E-state index contributed by atoms with van der Waals surface area (Å²) in [5.74, 6) is 1.13. The largest absolute Gasteiger partial charge is 0.394 e. The molecule has 0 spiro atoms. The Morgan fingerprint density at radius 1 is 0.630 bits per heavy atom. The maximum absolute atomic E-state index is 12.3. The van der Waals surface area contributed by atoms with Crippen LogP contribution in [-0.4, -0.2) is 62.9 Å². The fourth-order valence-electron chi connectivity index (χ4n) is 5.57. The minimum atomic E-state index is -0.226. The van der Waals surface area contributed by atoms with Crippen molar-refractivity contribution in [2.75, 3.05) is 13.2 Å². The number of nitrogens with one attached hydrogen (secondary N) is 2. The molecule has 0 radical (unpaired) electrons.